The minimum absolute atomic E-state index is 0.0794. The van der Waals surface area contributed by atoms with Crippen LogP contribution in [0.1, 0.15) is 20.7 Å². The number of carbonyl (C=O) groups excluding carboxylic acids is 2. The zero-order valence-corrected chi connectivity index (χ0v) is 18.8. The van der Waals surface area contributed by atoms with Gasteiger partial charge < -0.3 is 10.2 Å². The number of rotatable bonds is 3. The monoisotopic (exact) mass is 475 g/mol. The Bertz CT molecular complexity index is 1570. The highest BCUT2D eigenvalue weighted by Gasteiger charge is 2.42. The van der Waals surface area contributed by atoms with E-state index in [9.17, 15) is 24.2 Å². The topological polar surface area (TPSA) is 77.8 Å². The van der Waals surface area contributed by atoms with Crippen molar-refractivity contribution >= 4 is 28.3 Å². The van der Waals surface area contributed by atoms with E-state index in [2.05, 4.69) is 0 Å². The fraction of sp³-hybridized carbons (Fsp3) is 0. The molecular formula is C30H18FNO4. The van der Waals surface area contributed by atoms with Crippen molar-refractivity contribution in [3.63, 3.8) is 0 Å². The summed E-state index contributed by atoms with van der Waals surface area (Å²) >= 11 is 0. The molecule has 0 unspecified atom stereocenters. The van der Waals surface area contributed by atoms with Gasteiger partial charge in [-0.1, -0.05) is 48.5 Å². The molecule has 5 aromatic carbocycles. The SMILES string of the molecule is O=C1c2c(c(-c3ccc(O)cc3)c3ccccc3c2-c2ccc(O)cc2)C(=O)N1c1ccc(F)cc1. The van der Waals surface area contributed by atoms with Crippen molar-refractivity contribution in [3.05, 3.63) is 114 Å². The number of nitrogens with zero attached hydrogens (tertiary/aromatic N) is 1. The summed E-state index contributed by atoms with van der Waals surface area (Å²) in [5.41, 5.74) is 3.21. The molecule has 1 aliphatic rings. The van der Waals surface area contributed by atoms with Gasteiger partial charge in [0.2, 0.25) is 0 Å². The number of phenols is 2. The van der Waals surface area contributed by atoms with Gasteiger partial charge in [-0.25, -0.2) is 9.29 Å². The number of aromatic hydroxyl groups is 2. The van der Waals surface area contributed by atoms with Crippen LogP contribution in [-0.2, 0) is 0 Å². The molecule has 5 nitrogen and oxygen atoms in total. The van der Waals surface area contributed by atoms with Crippen molar-refractivity contribution in [1.82, 2.24) is 0 Å². The van der Waals surface area contributed by atoms with Crippen LogP contribution < -0.4 is 4.90 Å². The molecule has 0 radical (unpaired) electrons. The largest absolute Gasteiger partial charge is 0.508 e. The maximum absolute atomic E-state index is 14.0. The molecule has 0 fully saturated rings. The number of halogens is 1. The van der Waals surface area contributed by atoms with Gasteiger partial charge in [0.25, 0.3) is 11.8 Å². The Morgan fingerprint density at radius 1 is 0.528 bits per heavy atom. The third-order valence-electron chi connectivity index (χ3n) is 6.45. The molecule has 0 atom stereocenters. The Kier molecular flexibility index (Phi) is 4.83. The summed E-state index contributed by atoms with van der Waals surface area (Å²) in [6.45, 7) is 0. The molecule has 2 amide bonds. The lowest BCUT2D eigenvalue weighted by atomic mass is 9.84. The first-order chi connectivity index (χ1) is 17.4. The molecule has 0 saturated heterocycles. The minimum Gasteiger partial charge on any atom is -0.508 e. The highest BCUT2D eigenvalue weighted by atomic mass is 19.1. The van der Waals surface area contributed by atoms with E-state index in [1.165, 1.54) is 48.5 Å². The van der Waals surface area contributed by atoms with Crippen LogP contribution in [0.15, 0.2) is 97.1 Å². The van der Waals surface area contributed by atoms with Crippen LogP contribution in [0.25, 0.3) is 33.0 Å². The first-order valence-electron chi connectivity index (χ1n) is 11.3. The van der Waals surface area contributed by atoms with E-state index in [0.29, 0.717) is 22.3 Å². The van der Waals surface area contributed by atoms with Crippen molar-refractivity contribution in [1.29, 1.82) is 0 Å². The molecule has 6 heteroatoms. The summed E-state index contributed by atoms with van der Waals surface area (Å²) in [5, 5.41) is 21.2. The number of carbonyl (C=O) groups is 2. The third-order valence-corrected chi connectivity index (χ3v) is 6.45. The van der Waals surface area contributed by atoms with Crippen LogP contribution in [0.3, 0.4) is 0 Å². The number of hydrogen-bond donors (Lipinski definition) is 2. The van der Waals surface area contributed by atoms with Crippen molar-refractivity contribution < 1.29 is 24.2 Å². The molecular weight excluding hydrogens is 457 g/mol. The fourth-order valence-corrected chi connectivity index (χ4v) is 4.86. The fourth-order valence-electron chi connectivity index (χ4n) is 4.86. The number of benzene rings is 5. The predicted octanol–water partition coefficient (Wildman–Crippen LogP) is 6.52. The summed E-state index contributed by atoms with van der Waals surface area (Å²) in [7, 11) is 0. The molecule has 0 aliphatic carbocycles. The molecule has 0 bridgehead atoms. The second kappa shape index (κ2) is 8.06. The van der Waals surface area contributed by atoms with Gasteiger partial charge in [-0.15, -0.1) is 0 Å². The van der Waals surface area contributed by atoms with Crippen molar-refractivity contribution in [3.8, 4) is 33.8 Å². The van der Waals surface area contributed by atoms with E-state index < -0.39 is 17.6 Å². The number of amides is 2. The highest BCUT2D eigenvalue weighted by Crippen LogP contribution is 2.46. The van der Waals surface area contributed by atoms with Crippen molar-refractivity contribution in [2.24, 2.45) is 0 Å². The van der Waals surface area contributed by atoms with Gasteiger partial charge in [-0.2, -0.15) is 0 Å². The van der Waals surface area contributed by atoms with Gasteiger partial charge in [0.05, 0.1) is 16.8 Å². The summed E-state index contributed by atoms with van der Waals surface area (Å²) in [6.07, 6.45) is 0. The molecule has 1 heterocycles. The van der Waals surface area contributed by atoms with E-state index >= 15 is 0 Å². The second-order valence-corrected chi connectivity index (χ2v) is 8.56. The van der Waals surface area contributed by atoms with Gasteiger partial charge in [-0.05, 0) is 70.4 Å². The van der Waals surface area contributed by atoms with Gasteiger partial charge in [-0.3, -0.25) is 9.59 Å². The lowest BCUT2D eigenvalue weighted by molar-refractivity contribution is 0.0926. The summed E-state index contributed by atoms with van der Waals surface area (Å²) in [5.74, 6) is -1.35. The quantitative estimate of drug-likeness (QED) is 0.291. The molecule has 0 saturated carbocycles. The normalized spacial score (nSPS) is 12.9. The third kappa shape index (κ3) is 3.23. The Morgan fingerprint density at radius 3 is 1.36 bits per heavy atom. The summed E-state index contributed by atoms with van der Waals surface area (Å²) in [6, 6.07) is 25.6. The molecule has 174 valence electrons. The molecule has 6 rings (SSSR count). The van der Waals surface area contributed by atoms with Crippen LogP contribution >= 0.6 is 0 Å². The number of fused-ring (bicyclic) bond motifs is 2. The first-order valence-corrected chi connectivity index (χ1v) is 11.3. The minimum atomic E-state index is -0.518. The number of phenolic OH excluding ortho intramolecular Hbond substituents is 2. The predicted molar refractivity (Wildman–Crippen MR) is 136 cm³/mol. The molecule has 0 aromatic heterocycles. The summed E-state index contributed by atoms with van der Waals surface area (Å²) in [4.78, 5) is 29.0. The lowest BCUT2D eigenvalue weighted by Gasteiger charge is -2.17. The Morgan fingerprint density at radius 2 is 0.944 bits per heavy atom. The van der Waals surface area contributed by atoms with Gasteiger partial charge in [0.15, 0.2) is 0 Å². The number of hydrogen-bond acceptors (Lipinski definition) is 4. The van der Waals surface area contributed by atoms with E-state index in [1.54, 1.807) is 24.3 Å². The number of imide groups is 1. The zero-order valence-electron chi connectivity index (χ0n) is 18.8. The standard InChI is InChI=1S/C30H18FNO4/c31-19-9-11-20(12-10-19)32-29(35)27-25(17-5-13-21(33)14-6-17)23-3-1-2-4-24(23)26(28(27)30(32)36)18-7-15-22(34)16-8-18/h1-16,33-34H. The average molecular weight is 475 g/mol. The summed E-state index contributed by atoms with van der Waals surface area (Å²) < 4.78 is 13.6. The van der Waals surface area contributed by atoms with E-state index in [0.717, 1.165) is 15.7 Å². The molecule has 36 heavy (non-hydrogen) atoms. The smallest absolute Gasteiger partial charge is 0.266 e. The molecule has 5 aromatic rings. The number of anilines is 1. The Hall–Kier alpha value is -4.97. The van der Waals surface area contributed by atoms with Crippen LogP contribution in [0, 0.1) is 5.82 Å². The highest BCUT2D eigenvalue weighted by molar-refractivity contribution is 6.40. The van der Waals surface area contributed by atoms with Crippen molar-refractivity contribution in [2.75, 3.05) is 4.90 Å². The molecule has 1 aliphatic heterocycles. The maximum atomic E-state index is 14.0. The maximum Gasteiger partial charge on any atom is 0.266 e. The van der Waals surface area contributed by atoms with Gasteiger partial charge in [0.1, 0.15) is 17.3 Å². The Labute approximate surface area is 205 Å². The lowest BCUT2D eigenvalue weighted by Crippen LogP contribution is -2.29. The van der Waals surface area contributed by atoms with E-state index in [-0.39, 0.29) is 28.3 Å². The van der Waals surface area contributed by atoms with Crippen LogP contribution in [0.2, 0.25) is 0 Å². The van der Waals surface area contributed by atoms with Crippen LogP contribution in [0.4, 0.5) is 10.1 Å². The second-order valence-electron chi connectivity index (χ2n) is 8.56. The zero-order chi connectivity index (χ0) is 25.0. The van der Waals surface area contributed by atoms with Crippen LogP contribution in [0.5, 0.6) is 11.5 Å². The van der Waals surface area contributed by atoms with Crippen LogP contribution in [-0.4, -0.2) is 22.0 Å². The van der Waals surface area contributed by atoms with Gasteiger partial charge in [0, 0.05) is 11.1 Å². The van der Waals surface area contributed by atoms with Crippen molar-refractivity contribution in [2.45, 2.75) is 0 Å². The first kappa shape index (κ1) is 21.6. The van der Waals surface area contributed by atoms with E-state index in [4.69, 9.17) is 0 Å². The Balaban J connectivity index is 1.74. The molecule has 2 N–H and O–H groups in total. The average Bonchev–Trinajstić information content (AvgIpc) is 3.14. The van der Waals surface area contributed by atoms with Gasteiger partial charge >= 0.3 is 0 Å². The van der Waals surface area contributed by atoms with E-state index in [1.807, 2.05) is 24.3 Å². The molecule has 0 spiro atoms.